The van der Waals surface area contributed by atoms with Gasteiger partial charge in [0.25, 0.3) is 5.91 Å². The number of rotatable bonds is 7. The molecule has 0 saturated heterocycles. The number of ether oxygens (including phenoxy) is 1. The number of aryl methyl sites for hydroxylation is 1. The largest absolute Gasteiger partial charge is 0.477 e. The summed E-state index contributed by atoms with van der Waals surface area (Å²) in [7, 11) is 1.56. The van der Waals surface area contributed by atoms with Gasteiger partial charge in [0.05, 0.1) is 18.0 Å². The first-order valence-corrected chi connectivity index (χ1v) is 7.49. The molecule has 118 valence electrons. The molecule has 0 radical (unpaired) electrons. The number of hydrogen-bond acceptors (Lipinski definition) is 5. The molecule has 0 fully saturated rings. The van der Waals surface area contributed by atoms with E-state index < -0.39 is 5.97 Å². The van der Waals surface area contributed by atoms with Crippen LogP contribution in [0.2, 0.25) is 0 Å². The monoisotopic (exact) mass is 323 g/mol. The molecule has 2 aromatic rings. The van der Waals surface area contributed by atoms with Gasteiger partial charge in [-0.3, -0.25) is 4.79 Å². The minimum atomic E-state index is -1.03. The Bertz CT molecular complexity index is 660. The third-order valence-corrected chi connectivity index (χ3v) is 4.08. The maximum atomic E-state index is 12.5. The highest BCUT2D eigenvalue weighted by Gasteiger charge is 2.20. The highest BCUT2D eigenvalue weighted by Crippen LogP contribution is 2.20. The number of carbonyl (C=O) groups excluding carboxylic acids is 1. The Kier molecular flexibility index (Phi) is 5.35. The topological polar surface area (TPSA) is 80.0 Å². The molecule has 0 aliphatic rings. The van der Waals surface area contributed by atoms with Crippen molar-refractivity contribution in [2.45, 2.75) is 13.5 Å². The van der Waals surface area contributed by atoms with Gasteiger partial charge in [-0.2, -0.15) is 0 Å². The first kappa shape index (κ1) is 16.3. The molecule has 0 aliphatic heterocycles. The van der Waals surface area contributed by atoms with Gasteiger partial charge in [0.15, 0.2) is 0 Å². The number of carboxylic acid groups (broad SMARTS) is 1. The molecule has 0 aliphatic carbocycles. The van der Waals surface area contributed by atoms with Crippen LogP contribution in [0.25, 0.3) is 0 Å². The highest BCUT2D eigenvalue weighted by atomic mass is 32.1. The summed E-state index contributed by atoms with van der Waals surface area (Å²) in [5, 5.41) is 8.95. The quantitative estimate of drug-likeness (QED) is 0.847. The molecule has 2 heterocycles. The van der Waals surface area contributed by atoms with E-state index in [0.717, 1.165) is 17.1 Å². The van der Waals surface area contributed by atoms with E-state index in [1.54, 1.807) is 12.0 Å². The molecule has 0 saturated carbocycles. The zero-order chi connectivity index (χ0) is 16.1. The van der Waals surface area contributed by atoms with Gasteiger partial charge in [0, 0.05) is 13.7 Å². The number of thiophene rings is 1. The Morgan fingerprint density at radius 3 is 2.55 bits per heavy atom. The lowest BCUT2D eigenvalue weighted by Gasteiger charge is -2.20. The van der Waals surface area contributed by atoms with Crippen LogP contribution in [0, 0.1) is 6.92 Å². The lowest BCUT2D eigenvalue weighted by molar-refractivity contribution is 0.0669. The zero-order valence-corrected chi connectivity index (χ0v) is 13.2. The van der Waals surface area contributed by atoms with E-state index in [1.165, 1.54) is 12.1 Å². The maximum absolute atomic E-state index is 12.5. The van der Waals surface area contributed by atoms with Gasteiger partial charge in [0.2, 0.25) is 0 Å². The summed E-state index contributed by atoms with van der Waals surface area (Å²) in [6, 6.07) is 6.62. The Labute approximate surface area is 131 Å². The number of methoxy groups -OCH3 is 1. The summed E-state index contributed by atoms with van der Waals surface area (Å²) in [5.74, 6) is 0.188. The van der Waals surface area contributed by atoms with E-state index in [1.807, 2.05) is 19.1 Å². The van der Waals surface area contributed by atoms with Crippen molar-refractivity contribution in [1.29, 1.82) is 0 Å². The van der Waals surface area contributed by atoms with Crippen LogP contribution in [-0.2, 0) is 11.3 Å². The van der Waals surface area contributed by atoms with E-state index in [0.29, 0.717) is 30.3 Å². The smallest absolute Gasteiger partial charge is 0.345 e. The molecule has 0 unspecified atom stereocenters. The molecule has 1 N–H and O–H groups in total. The molecule has 6 nitrogen and oxygen atoms in total. The molecule has 2 rings (SSSR count). The summed E-state index contributed by atoms with van der Waals surface area (Å²) >= 11 is 0.964. The zero-order valence-electron chi connectivity index (χ0n) is 12.4. The Balaban J connectivity index is 2.15. The molecule has 1 amide bonds. The second-order valence-corrected chi connectivity index (χ2v) is 5.78. The minimum absolute atomic E-state index is 0.142. The molecule has 7 heteroatoms. The van der Waals surface area contributed by atoms with Crippen molar-refractivity contribution in [3.05, 3.63) is 45.5 Å². The predicted molar refractivity (Wildman–Crippen MR) is 81.3 cm³/mol. The predicted octanol–water partition coefficient (Wildman–Crippen LogP) is 2.64. The van der Waals surface area contributed by atoms with Gasteiger partial charge in [-0.1, -0.05) is 0 Å². The van der Waals surface area contributed by atoms with Gasteiger partial charge in [0.1, 0.15) is 16.4 Å². The van der Waals surface area contributed by atoms with Gasteiger partial charge in [-0.05, 0) is 31.2 Å². The molecular weight excluding hydrogens is 306 g/mol. The van der Waals surface area contributed by atoms with E-state index in [9.17, 15) is 9.59 Å². The Morgan fingerprint density at radius 2 is 2.00 bits per heavy atom. The number of aromatic carboxylic acids is 1. The maximum Gasteiger partial charge on any atom is 0.345 e. The average molecular weight is 323 g/mol. The number of furan rings is 1. The molecule has 0 bridgehead atoms. The van der Waals surface area contributed by atoms with Crippen molar-refractivity contribution in [2.24, 2.45) is 0 Å². The lowest BCUT2D eigenvalue weighted by Crippen LogP contribution is -2.32. The van der Waals surface area contributed by atoms with Crippen molar-refractivity contribution >= 4 is 23.2 Å². The standard InChI is InChI=1S/C15H17NO5S/c1-10-3-4-11(21-10)9-16(7-8-20-2)14(17)12-5-6-13(22-12)15(18)19/h3-6H,7-9H2,1-2H3,(H,18,19). The average Bonchev–Trinajstić information content (AvgIpc) is 3.11. The van der Waals surface area contributed by atoms with E-state index >= 15 is 0 Å². The third-order valence-electron chi connectivity index (χ3n) is 3.02. The number of hydrogen-bond donors (Lipinski definition) is 1. The van der Waals surface area contributed by atoms with Crippen molar-refractivity contribution in [1.82, 2.24) is 4.90 Å². The Morgan fingerprint density at radius 1 is 1.27 bits per heavy atom. The van der Waals surface area contributed by atoms with Crippen LogP contribution in [0.3, 0.4) is 0 Å². The van der Waals surface area contributed by atoms with Crippen LogP contribution in [0.1, 0.15) is 30.9 Å². The molecule has 0 atom stereocenters. The van der Waals surface area contributed by atoms with Crippen LogP contribution in [0.5, 0.6) is 0 Å². The first-order chi connectivity index (χ1) is 10.5. The van der Waals surface area contributed by atoms with Crippen molar-refractivity contribution in [3.8, 4) is 0 Å². The second kappa shape index (κ2) is 7.24. The highest BCUT2D eigenvalue weighted by molar-refractivity contribution is 7.15. The summed E-state index contributed by atoms with van der Waals surface area (Å²) in [6.07, 6.45) is 0. The molecule has 2 aromatic heterocycles. The first-order valence-electron chi connectivity index (χ1n) is 6.68. The van der Waals surface area contributed by atoms with Crippen LogP contribution < -0.4 is 0 Å². The Hall–Kier alpha value is -2.12. The SMILES string of the molecule is COCCN(Cc1ccc(C)o1)C(=O)c1ccc(C(=O)O)s1. The normalized spacial score (nSPS) is 10.6. The van der Waals surface area contributed by atoms with Gasteiger partial charge >= 0.3 is 5.97 Å². The van der Waals surface area contributed by atoms with E-state index in [4.69, 9.17) is 14.3 Å². The van der Waals surface area contributed by atoms with Crippen LogP contribution in [-0.4, -0.2) is 42.1 Å². The molecule has 22 heavy (non-hydrogen) atoms. The number of carbonyl (C=O) groups is 2. The fourth-order valence-corrected chi connectivity index (χ4v) is 2.75. The molecule has 0 spiro atoms. The van der Waals surface area contributed by atoms with Crippen LogP contribution in [0.15, 0.2) is 28.7 Å². The van der Waals surface area contributed by atoms with E-state index in [-0.39, 0.29) is 10.8 Å². The summed E-state index contributed by atoms with van der Waals surface area (Å²) < 4.78 is 10.5. The van der Waals surface area contributed by atoms with Gasteiger partial charge in [-0.15, -0.1) is 11.3 Å². The summed E-state index contributed by atoms with van der Waals surface area (Å²) in [6.45, 7) is 2.94. The van der Waals surface area contributed by atoms with Crippen molar-refractivity contribution < 1.29 is 23.8 Å². The molecular formula is C15H17NO5S. The fourth-order valence-electron chi connectivity index (χ4n) is 1.94. The van der Waals surface area contributed by atoms with Crippen LogP contribution >= 0.6 is 11.3 Å². The van der Waals surface area contributed by atoms with Crippen molar-refractivity contribution in [3.63, 3.8) is 0 Å². The van der Waals surface area contributed by atoms with E-state index in [2.05, 4.69) is 0 Å². The number of amides is 1. The fraction of sp³-hybridized carbons (Fsp3) is 0.333. The van der Waals surface area contributed by atoms with Gasteiger partial charge in [-0.25, -0.2) is 4.79 Å². The summed E-state index contributed by atoms with van der Waals surface area (Å²) in [5.41, 5.74) is 0. The number of nitrogens with zero attached hydrogens (tertiary/aromatic N) is 1. The van der Waals surface area contributed by atoms with Gasteiger partial charge < -0.3 is 19.2 Å². The summed E-state index contributed by atoms with van der Waals surface area (Å²) in [4.78, 5) is 25.6. The second-order valence-electron chi connectivity index (χ2n) is 4.70. The minimum Gasteiger partial charge on any atom is -0.477 e. The van der Waals surface area contributed by atoms with Crippen molar-refractivity contribution in [2.75, 3.05) is 20.3 Å². The molecule has 0 aromatic carbocycles. The van der Waals surface area contributed by atoms with Crippen LogP contribution in [0.4, 0.5) is 0 Å². The number of carboxylic acids is 1. The lowest BCUT2D eigenvalue weighted by atomic mass is 10.3. The third kappa shape index (κ3) is 3.96.